The predicted octanol–water partition coefficient (Wildman–Crippen LogP) is 2.75. The number of amides is 1. The average molecular weight is 323 g/mol. The maximum atomic E-state index is 12.7. The topological polar surface area (TPSA) is 95.1 Å². The summed E-state index contributed by atoms with van der Waals surface area (Å²) in [7, 11) is 0. The highest BCUT2D eigenvalue weighted by molar-refractivity contribution is 6.05. The van der Waals surface area contributed by atoms with Crippen LogP contribution in [0.4, 0.5) is 0 Å². The summed E-state index contributed by atoms with van der Waals surface area (Å²) in [6.45, 7) is 1.58. The molecule has 0 aliphatic heterocycles. The maximum absolute atomic E-state index is 12.7. The maximum Gasteiger partial charge on any atom is 0.308 e. The monoisotopic (exact) mass is 323 g/mol. The zero-order valence-corrected chi connectivity index (χ0v) is 13.1. The lowest BCUT2D eigenvalue weighted by atomic mass is 9.94. The van der Waals surface area contributed by atoms with E-state index in [0.717, 1.165) is 10.9 Å². The van der Waals surface area contributed by atoms with Crippen molar-refractivity contribution in [3.05, 3.63) is 65.9 Å². The lowest BCUT2D eigenvalue weighted by Gasteiger charge is -2.23. The van der Waals surface area contributed by atoms with Crippen LogP contribution in [-0.4, -0.2) is 27.2 Å². The number of carbonyl (C=O) groups is 2. The van der Waals surface area contributed by atoms with E-state index in [4.69, 9.17) is 0 Å². The van der Waals surface area contributed by atoms with Crippen molar-refractivity contribution in [2.24, 2.45) is 5.92 Å². The molecular weight excluding hydrogens is 306 g/mol. The normalized spacial score (nSPS) is 13.4. The molecule has 0 aliphatic carbocycles. The molecule has 6 heteroatoms. The Morgan fingerprint density at radius 2 is 1.88 bits per heavy atom. The molecule has 3 aromatic rings. The number of rotatable bonds is 5. The number of para-hydroxylation sites is 1. The Bertz CT molecular complexity index is 873. The van der Waals surface area contributed by atoms with Crippen molar-refractivity contribution in [1.29, 1.82) is 0 Å². The standard InChI is InChI=1S/C18H17N3O3/c1-11(18(23)24)15(12-6-3-2-4-7-12)20-17(22)14-9-5-8-13-10-19-21-16(13)14/h2-11,15H,1H3,(H,19,21)(H,20,22)(H,23,24)/t11-,15-/m1/s1. The summed E-state index contributed by atoms with van der Waals surface area (Å²) in [6.07, 6.45) is 1.64. The third-order valence-corrected chi connectivity index (χ3v) is 4.06. The van der Waals surface area contributed by atoms with Gasteiger partial charge in [-0.1, -0.05) is 42.5 Å². The molecule has 122 valence electrons. The Hall–Kier alpha value is -3.15. The summed E-state index contributed by atoms with van der Waals surface area (Å²) < 4.78 is 0. The van der Waals surface area contributed by atoms with Gasteiger partial charge in [-0.3, -0.25) is 14.7 Å². The molecule has 0 unspecified atom stereocenters. The molecule has 1 aromatic heterocycles. The van der Waals surface area contributed by atoms with Crippen LogP contribution in [0.2, 0.25) is 0 Å². The number of aliphatic carboxylic acids is 1. The second-order valence-electron chi connectivity index (χ2n) is 5.63. The molecule has 3 rings (SSSR count). The van der Waals surface area contributed by atoms with E-state index >= 15 is 0 Å². The SMILES string of the molecule is C[C@@H](C(=O)O)[C@@H](NC(=O)c1cccc2cn[nH]c12)c1ccccc1. The van der Waals surface area contributed by atoms with Gasteiger partial charge >= 0.3 is 5.97 Å². The third kappa shape index (κ3) is 2.99. The number of nitrogens with one attached hydrogen (secondary N) is 2. The number of H-pyrrole nitrogens is 1. The lowest BCUT2D eigenvalue weighted by Crippen LogP contribution is -2.35. The van der Waals surface area contributed by atoms with Crippen molar-refractivity contribution in [2.75, 3.05) is 0 Å². The first-order valence-corrected chi connectivity index (χ1v) is 7.58. The molecule has 0 saturated heterocycles. The summed E-state index contributed by atoms with van der Waals surface area (Å²) in [5.41, 5.74) is 1.81. The van der Waals surface area contributed by atoms with Gasteiger partial charge in [0.25, 0.3) is 5.91 Å². The van der Waals surface area contributed by atoms with Crippen LogP contribution in [0.15, 0.2) is 54.7 Å². The second-order valence-corrected chi connectivity index (χ2v) is 5.63. The summed E-state index contributed by atoms with van der Waals surface area (Å²) in [5, 5.41) is 19.8. The van der Waals surface area contributed by atoms with Crippen LogP contribution < -0.4 is 5.32 Å². The van der Waals surface area contributed by atoms with E-state index in [1.807, 2.05) is 24.3 Å². The first-order chi connectivity index (χ1) is 11.6. The number of benzene rings is 2. The number of carboxylic acid groups (broad SMARTS) is 1. The molecule has 2 atom stereocenters. The van der Waals surface area contributed by atoms with Gasteiger partial charge in [-0.25, -0.2) is 0 Å². The van der Waals surface area contributed by atoms with E-state index in [2.05, 4.69) is 15.5 Å². The minimum absolute atomic E-state index is 0.341. The highest BCUT2D eigenvalue weighted by atomic mass is 16.4. The van der Waals surface area contributed by atoms with Gasteiger partial charge in [-0.05, 0) is 18.6 Å². The van der Waals surface area contributed by atoms with Gasteiger partial charge in [-0.15, -0.1) is 0 Å². The van der Waals surface area contributed by atoms with E-state index in [-0.39, 0.29) is 5.91 Å². The first-order valence-electron chi connectivity index (χ1n) is 7.58. The van der Waals surface area contributed by atoms with E-state index < -0.39 is 17.9 Å². The van der Waals surface area contributed by atoms with Crippen LogP contribution in [0.25, 0.3) is 10.9 Å². The van der Waals surface area contributed by atoms with Crippen LogP contribution >= 0.6 is 0 Å². The Morgan fingerprint density at radius 1 is 1.12 bits per heavy atom. The number of carboxylic acids is 1. The van der Waals surface area contributed by atoms with Crippen LogP contribution in [-0.2, 0) is 4.79 Å². The highest BCUT2D eigenvalue weighted by Crippen LogP contribution is 2.24. The average Bonchev–Trinajstić information content (AvgIpc) is 3.08. The number of fused-ring (bicyclic) bond motifs is 1. The molecule has 0 saturated carbocycles. The summed E-state index contributed by atoms with van der Waals surface area (Å²) in [4.78, 5) is 24.2. The Balaban J connectivity index is 1.94. The van der Waals surface area contributed by atoms with Gasteiger partial charge in [0.05, 0.1) is 29.2 Å². The fourth-order valence-electron chi connectivity index (χ4n) is 2.68. The Kier molecular flexibility index (Phi) is 4.29. The van der Waals surface area contributed by atoms with Crippen LogP contribution in [0.1, 0.15) is 28.9 Å². The smallest absolute Gasteiger partial charge is 0.308 e. The Morgan fingerprint density at radius 3 is 2.58 bits per heavy atom. The van der Waals surface area contributed by atoms with E-state index in [0.29, 0.717) is 11.1 Å². The molecule has 1 heterocycles. The van der Waals surface area contributed by atoms with Crippen LogP contribution in [0.3, 0.4) is 0 Å². The van der Waals surface area contributed by atoms with Crippen LogP contribution in [0, 0.1) is 5.92 Å². The third-order valence-electron chi connectivity index (χ3n) is 4.06. The van der Waals surface area contributed by atoms with Crippen LogP contribution in [0.5, 0.6) is 0 Å². The first kappa shape index (κ1) is 15.7. The molecule has 3 N–H and O–H groups in total. The Labute approximate surface area is 138 Å². The van der Waals surface area contributed by atoms with Crippen molar-refractivity contribution in [3.63, 3.8) is 0 Å². The molecule has 0 bridgehead atoms. The van der Waals surface area contributed by atoms with E-state index in [1.54, 1.807) is 37.4 Å². The quantitative estimate of drug-likeness (QED) is 0.673. The summed E-state index contributed by atoms with van der Waals surface area (Å²) >= 11 is 0. The van der Waals surface area contributed by atoms with Gasteiger partial charge < -0.3 is 10.4 Å². The molecule has 0 aliphatic rings. The van der Waals surface area contributed by atoms with E-state index in [1.165, 1.54) is 0 Å². The molecule has 0 fully saturated rings. The lowest BCUT2D eigenvalue weighted by molar-refractivity contribution is -0.142. The summed E-state index contributed by atoms with van der Waals surface area (Å²) in [5.74, 6) is -2.08. The van der Waals surface area contributed by atoms with Gasteiger partial charge in [0.1, 0.15) is 0 Å². The highest BCUT2D eigenvalue weighted by Gasteiger charge is 2.27. The van der Waals surface area contributed by atoms with Gasteiger partial charge in [-0.2, -0.15) is 5.10 Å². The molecule has 0 radical (unpaired) electrons. The molecule has 24 heavy (non-hydrogen) atoms. The number of hydrogen-bond acceptors (Lipinski definition) is 3. The number of carbonyl (C=O) groups excluding carboxylic acids is 1. The van der Waals surface area contributed by atoms with Crippen molar-refractivity contribution in [3.8, 4) is 0 Å². The molecule has 6 nitrogen and oxygen atoms in total. The number of aromatic nitrogens is 2. The fourth-order valence-corrected chi connectivity index (χ4v) is 2.68. The van der Waals surface area contributed by atoms with Crippen molar-refractivity contribution >= 4 is 22.8 Å². The minimum atomic E-state index is -0.969. The van der Waals surface area contributed by atoms with Crippen molar-refractivity contribution in [2.45, 2.75) is 13.0 Å². The number of nitrogens with zero attached hydrogens (tertiary/aromatic N) is 1. The van der Waals surface area contributed by atoms with Gasteiger partial charge in [0, 0.05) is 5.39 Å². The molecule has 1 amide bonds. The van der Waals surface area contributed by atoms with Crippen molar-refractivity contribution in [1.82, 2.24) is 15.5 Å². The van der Waals surface area contributed by atoms with Gasteiger partial charge in [0.15, 0.2) is 0 Å². The predicted molar refractivity (Wildman–Crippen MR) is 89.5 cm³/mol. The number of hydrogen-bond donors (Lipinski definition) is 3. The number of aromatic amines is 1. The molecule has 0 spiro atoms. The van der Waals surface area contributed by atoms with Crippen molar-refractivity contribution < 1.29 is 14.7 Å². The minimum Gasteiger partial charge on any atom is -0.481 e. The molecular formula is C18H17N3O3. The molecule has 2 aromatic carbocycles. The van der Waals surface area contributed by atoms with E-state index in [9.17, 15) is 14.7 Å². The second kappa shape index (κ2) is 6.54. The van der Waals surface area contributed by atoms with Gasteiger partial charge in [0.2, 0.25) is 0 Å². The largest absolute Gasteiger partial charge is 0.481 e. The zero-order valence-electron chi connectivity index (χ0n) is 13.1. The fraction of sp³-hybridized carbons (Fsp3) is 0.167. The summed E-state index contributed by atoms with van der Waals surface area (Å²) in [6, 6.07) is 13.8. The zero-order chi connectivity index (χ0) is 17.1.